The van der Waals surface area contributed by atoms with Crippen LogP contribution in [0, 0.1) is 0 Å². The molecule has 0 aliphatic heterocycles. The van der Waals surface area contributed by atoms with Crippen LogP contribution in [0.1, 0.15) is 17.1 Å². The van der Waals surface area contributed by atoms with E-state index in [9.17, 15) is 5.11 Å². The maximum Gasteiger partial charge on any atom is 0.141 e. The van der Waals surface area contributed by atoms with Gasteiger partial charge in [0.05, 0.1) is 23.4 Å². The van der Waals surface area contributed by atoms with Crippen molar-refractivity contribution in [1.82, 2.24) is 24.8 Å². The molecule has 4 rings (SSSR count). The number of aromatic nitrogens is 4. The van der Waals surface area contributed by atoms with Gasteiger partial charge < -0.3 is 10.1 Å². The molecule has 0 saturated heterocycles. The summed E-state index contributed by atoms with van der Waals surface area (Å²) in [6.07, 6.45) is 5.38. The molecular weight excluding hydrogens is 326 g/mol. The minimum absolute atomic E-state index is 0.202. The van der Waals surface area contributed by atoms with Crippen molar-refractivity contribution in [2.45, 2.75) is 19.6 Å². The quantitative estimate of drug-likeness (QED) is 0.561. The van der Waals surface area contributed by atoms with Crippen LogP contribution in [0.4, 0.5) is 0 Å². The van der Waals surface area contributed by atoms with E-state index in [2.05, 4.69) is 24.8 Å². The number of hydrogen-bond donors (Lipinski definition) is 2. The number of pyridine rings is 2. The molecule has 0 radical (unpaired) electrons. The fourth-order valence-corrected chi connectivity index (χ4v) is 2.98. The highest BCUT2D eigenvalue weighted by Gasteiger charge is 2.12. The average Bonchev–Trinajstić information content (AvgIpc) is 3.16. The molecule has 1 aromatic carbocycles. The second-order valence-electron chi connectivity index (χ2n) is 6.18. The van der Waals surface area contributed by atoms with Gasteiger partial charge in [0.2, 0.25) is 0 Å². The van der Waals surface area contributed by atoms with E-state index < -0.39 is 0 Å². The molecule has 3 aromatic heterocycles. The molecule has 3 heterocycles. The largest absolute Gasteiger partial charge is 0.506 e. The van der Waals surface area contributed by atoms with Gasteiger partial charge in [0, 0.05) is 37.4 Å². The van der Waals surface area contributed by atoms with E-state index in [1.165, 1.54) is 0 Å². The van der Waals surface area contributed by atoms with Crippen LogP contribution >= 0.6 is 0 Å². The molecule has 0 saturated carbocycles. The minimum atomic E-state index is 0.202. The van der Waals surface area contributed by atoms with E-state index in [0.717, 1.165) is 22.5 Å². The summed E-state index contributed by atoms with van der Waals surface area (Å²) in [6.45, 7) is 2.00. The topological polar surface area (TPSA) is 77.9 Å². The van der Waals surface area contributed by atoms with Crippen LogP contribution in [0.15, 0.2) is 67.3 Å². The molecule has 0 amide bonds. The first-order chi connectivity index (χ1) is 12.8. The van der Waals surface area contributed by atoms with E-state index >= 15 is 0 Å². The summed E-state index contributed by atoms with van der Waals surface area (Å²) in [5.41, 5.74) is 3.48. The molecule has 2 N–H and O–H groups in total. The first kappa shape index (κ1) is 16.2. The summed E-state index contributed by atoms with van der Waals surface area (Å²) < 4.78 is 0. The molecule has 0 atom stereocenters. The number of phenols is 1. The van der Waals surface area contributed by atoms with Gasteiger partial charge in [0.15, 0.2) is 0 Å². The van der Waals surface area contributed by atoms with Gasteiger partial charge in [0.1, 0.15) is 11.3 Å². The molecule has 0 unspecified atom stereocenters. The Kier molecular flexibility index (Phi) is 4.57. The maximum absolute atomic E-state index is 10.1. The summed E-state index contributed by atoms with van der Waals surface area (Å²) in [5.74, 6) is 0.202. The summed E-state index contributed by atoms with van der Waals surface area (Å²) in [6, 6.07) is 15.3. The number of para-hydroxylation sites is 1. The zero-order valence-corrected chi connectivity index (χ0v) is 14.2. The Morgan fingerprint density at radius 1 is 0.846 bits per heavy atom. The van der Waals surface area contributed by atoms with Gasteiger partial charge in [-0.25, -0.2) is 9.97 Å². The highest BCUT2D eigenvalue weighted by Crippen LogP contribution is 2.23. The van der Waals surface area contributed by atoms with Crippen LogP contribution in [0.2, 0.25) is 0 Å². The highest BCUT2D eigenvalue weighted by atomic mass is 16.3. The number of rotatable bonds is 6. The number of benzene rings is 1. The number of aromatic amines is 1. The SMILES string of the molecule is Oc1cccc2ccc(CN(Cc3ccccn3)Cc3c[nH]cn3)nc12. The van der Waals surface area contributed by atoms with Crippen LogP contribution in [0.25, 0.3) is 10.9 Å². The molecule has 0 bridgehead atoms. The Morgan fingerprint density at radius 2 is 1.73 bits per heavy atom. The fraction of sp³-hybridized carbons (Fsp3) is 0.150. The van der Waals surface area contributed by atoms with E-state index in [4.69, 9.17) is 0 Å². The fourth-order valence-electron chi connectivity index (χ4n) is 2.98. The highest BCUT2D eigenvalue weighted by molar-refractivity contribution is 5.84. The van der Waals surface area contributed by atoms with Gasteiger partial charge >= 0.3 is 0 Å². The number of fused-ring (bicyclic) bond motifs is 1. The van der Waals surface area contributed by atoms with Crippen molar-refractivity contribution in [3.8, 4) is 5.75 Å². The monoisotopic (exact) mass is 345 g/mol. The summed E-state index contributed by atoms with van der Waals surface area (Å²) in [7, 11) is 0. The first-order valence-corrected chi connectivity index (χ1v) is 8.45. The number of phenolic OH excluding ortho intramolecular Hbond substituents is 1. The number of nitrogens with zero attached hydrogens (tertiary/aromatic N) is 4. The number of H-pyrrole nitrogens is 1. The summed E-state index contributed by atoms with van der Waals surface area (Å²) in [4.78, 5) is 18.6. The number of nitrogens with one attached hydrogen (secondary N) is 1. The second-order valence-corrected chi connectivity index (χ2v) is 6.18. The molecule has 26 heavy (non-hydrogen) atoms. The smallest absolute Gasteiger partial charge is 0.141 e. The standard InChI is InChI=1S/C20H19N5O/c26-19-6-3-4-15-7-8-17(24-20(15)19)12-25(13-18-10-21-14-23-18)11-16-5-1-2-9-22-16/h1-10,14,26H,11-13H2,(H,21,23). The van der Waals surface area contributed by atoms with Gasteiger partial charge in [0.25, 0.3) is 0 Å². The molecule has 0 aliphatic carbocycles. The normalized spacial score (nSPS) is 11.3. The third kappa shape index (κ3) is 3.70. The molecule has 0 aliphatic rings. The lowest BCUT2D eigenvalue weighted by molar-refractivity contribution is 0.239. The van der Waals surface area contributed by atoms with Crippen molar-refractivity contribution < 1.29 is 5.11 Å². The van der Waals surface area contributed by atoms with E-state index in [0.29, 0.717) is 25.2 Å². The Hall–Kier alpha value is -3.25. The number of hydrogen-bond acceptors (Lipinski definition) is 5. The molecule has 130 valence electrons. The van der Waals surface area contributed by atoms with Crippen LogP contribution in [0.5, 0.6) is 5.75 Å². The molecule has 0 fully saturated rings. The lowest BCUT2D eigenvalue weighted by atomic mass is 10.2. The molecule has 4 aromatic rings. The Morgan fingerprint density at radius 3 is 2.54 bits per heavy atom. The Labute approximate surface area is 151 Å². The van der Waals surface area contributed by atoms with Crippen LogP contribution in [0.3, 0.4) is 0 Å². The van der Waals surface area contributed by atoms with Crippen molar-refractivity contribution in [3.05, 3.63) is 84.3 Å². The average molecular weight is 345 g/mol. The Bertz CT molecular complexity index is 986. The van der Waals surface area contributed by atoms with E-state index in [1.807, 2.05) is 48.7 Å². The van der Waals surface area contributed by atoms with Crippen LogP contribution in [-0.4, -0.2) is 29.9 Å². The van der Waals surface area contributed by atoms with Gasteiger partial charge in [-0.1, -0.05) is 24.3 Å². The van der Waals surface area contributed by atoms with Crippen LogP contribution < -0.4 is 0 Å². The van der Waals surface area contributed by atoms with Crippen molar-refractivity contribution in [1.29, 1.82) is 0 Å². The van der Waals surface area contributed by atoms with Crippen LogP contribution in [-0.2, 0) is 19.6 Å². The third-order valence-corrected chi connectivity index (χ3v) is 4.19. The zero-order chi connectivity index (χ0) is 17.8. The van der Waals surface area contributed by atoms with Gasteiger partial charge in [-0.2, -0.15) is 0 Å². The third-order valence-electron chi connectivity index (χ3n) is 4.19. The maximum atomic E-state index is 10.1. The molecular formula is C20H19N5O. The summed E-state index contributed by atoms with van der Waals surface area (Å²) >= 11 is 0. The zero-order valence-electron chi connectivity index (χ0n) is 14.2. The molecule has 0 spiro atoms. The van der Waals surface area contributed by atoms with Gasteiger partial charge in [-0.3, -0.25) is 9.88 Å². The second kappa shape index (κ2) is 7.33. The molecule has 6 heteroatoms. The lowest BCUT2D eigenvalue weighted by Crippen LogP contribution is -2.23. The number of imidazole rings is 1. The van der Waals surface area contributed by atoms with Crippen molar-refractivity contribution in [3.63, 3.8) is 0 Å². The van der Waals surface area contributed by atoms with Gasteiger partial charge in [-0.15, -0.1) is 0 Å². The van der Waals surface area contributed by atoms with E-state index in [-0.39, 0.29) is 5.75 Å². The van der Waals surface area contributed by atoms with Gasteiger partial charge in [-0.05, 0) is 24.3 Å². The number of aromatic hydroxyl groups is 1. The molecule has 6 nitrogen and oxygen atoms in total. The minimum Gasteiger partial charge on any atom is -0.506 e. The predicted octanol–water partition coefficient (Wildman–Crippen LogP) is 3.26. The lowest BCUT2D eigenvalue weighted by Gasteiger charge is -2.21. The van der Waals surface area contributed by atoms with Crippen molar-refractivity contribution >= 4 is 10.9 Å². The predicted molar refractivity (Wildman–Crippen MR) is 99.2 cm³/mol. The van der Waals surface area contributed by atoms with E-state index in [1.54, 1.807) is 18.6 Å². The Balaban J connectivity index is 1.60. The van der Waals surface area contributed by atoms with Crippen molar-refractivity contribution in [2.24, 2.45) is 0 Å². The summed E-state index contributed by atoms with van der Waals surface area (Å²) in [5, 5.41) is 11.0. The first-order valence-electron chi connectivity index (χ1n) is 8.45. The van der Waals surface area contributed by atoms with Crippen molar-refractivity contribution in [2.75, 3.05) is 0 Å².